The van der Waals surface area contributed by atoms with E-state index in [9.17, 15) is 4.79 Å². The quantitative estimate of drug-likeness (QED) is 0.478. The summed E-state index contributed by atoms with van der Waals surface area (Å²) in [5, 5.41) is 10.8. The van der Waals surface area contributed by atoms with Crippen LogP contribution in [-0.2, 0) is 6.54 Å². The Kier molecular flexibility index (Phi) is 4.04. The molecule has 1 saturated carbocycles. The molecule has 1 amide bonds. The van der Waals surface area contributed by atoms with Gasteiger partial charge in [0.25, 0.3) is 5.91 Å². The minimum atomic E-state index is -0.0888. The fourth-order valence-electron chi connectivity index (χ4n) is 3.82. The maximum Gasteiger partial charge on any atom is 0.261 e. The summed E-state index contributed by atoms with van der Waals surface area (Å²) in [5.41, 5.74) is 3.32. The number of carbonyl (C=O) groups excluding carboxylic acids is 1. The molecule has 0 bridgehead atoms. The molecule has 4 aromatic heterocycles. The number of anilines is 1. The zero-order valence-electron chi connectivity index (χ0n) is 17.1. The number of thiazole rings is 1. The van der Waals surface area contributed by atoms with Crippen LogP contribution in [0, 0.1) is 0 Å². The lowest BCUT2D eigenvalue weighted by molar-refractivity contribution is 0.0996. The fourth-order valence-corrected chi connectivity index (χ4v) is 4.62. The Labute approximate surface area is 182 Å². The van der Waals surface area contributed by atoms with Crippen molar-refractivity contribution in [3.8, 4) is 16.5 Å². The third-order valence-corrected chi connectivity index (χ3v) is 6.55. The van der Waals surface area contributed by atoms with Crippen LogP contribution in [0.25, 0.3) is 16.5 Å². The van der Waals surface area contributed by atoms with Gasteiger partial charge in [-0.05, 0) is 32.8 Å². The summed E-state index contributed by atoms with van der Waals surface area (Å²) in [6.45, 7) is 4.55. The minimum absolute atomic E-state index is 0.0888. The molecule has 31 heavy (non-hydrogen) atoms. The number of pyridine rings is 1. The summed E-state index contributed by atoms with van der Waals surface area (Å²) < 4.78 is 3.91. The lowest BCUT2D eigenvalue weighted by Crippen LogP contribution is -2.23. The molecule has 0 aromatic carbocycles. The van der Waals surface area contributed by atoms with Crippen LogP contribution in [0.5, 0.6) is 0 Å². The number of rotatable bonds is 5. The fraction of sp³-hybridized carbons (Fsp3) is 0.333. The highest BCUT2D eigenvalue weighted by Crippen LogP contribution is 2.39. The van der Waals surface area contributed by atoms with Crippen LogP contribution < -0.4 is 4.90 Å². The van der Waals surface area contributed by atoms with Crippen molar-refractivity contribution >= 4 is 23.1 Å². The number of hydrogen-bond donors (Lipinski definition) is 0. The van der Waals surface area contributed by atoms with Gasteiger partial charge in [-0.3, -0.25) is 14.7 Å². The Morgan fingerprint density at radius 3 is 2.87 bits per heavy atom. The van der Waals surface area contributed by atoms with Gasteiger partial charge >= 0.3 is 0 Å². The summed E-state index contributed by atoms with van der Waals surface area (Å²) in [6, 6.07) is 2.12. The summed E-state index contributed by atoms with van der Waals surface area (Å²) in [4.78, 5) is 28.6. The van der Waals surface area contributed by atoms with Crippen LogP contribution >= 0.6 is 11.3 Å². The van der Waals surface area contributed by atoms with E-state index in [0.717, 1.165) is 22.1 Å². The summed E-state index contributed by atoms with van der Waals surface area (Å²) in [7, 11) is 0. The molecule has 0 N–H and O–H groups in total. The summed E-state index contributed by atoms with van der Waals surface area (Å²) in [6.07, 6.45) is 9.74. The molecule has 6 rings (SSSR count). The molecule has 10 heteroatoms. The van der Waals surface area contributed by atoms with Gasteiger partial charge in [-0.25, -0.2) is 9.97 Å². The Morgan fingerprint density at radius 1 is 1.19 bits per heavy atom. The molecule has 0 unspecified atom stereocenters. The zero-order chi connectivity index (χ0) is 21.1. The van der Waals surface area contributed by atoms with Crippen molar-refractivity contribution in [1.29, 1.82) is 0 Å². The Morgan fingerprint density at radius 2 is 2.06 bits per heavy atom. The molecule has 1 aliphatic heterocycles. The van der Waals surface area contributed by atoms with E-state index in [1.807, 2.05) is 26.8 Å². The van der Waals surface area contributed by atoms with Gasteiger partial charge in [0.15, 0.2) is 10.8 Å². The second-order valence-corrected chi connectivity index (χ2v) is 9.08. The van der Waals surface area contributed by atoms with Gasteiger partial charge < -0.3 is 9.13 Å². The molecule has 0 spiro atoms. The van der Waals surface area contributed by atoms with E-state index in [1.165, 1.54) is 24.2 Å². The SMILES string of the molecule is CC(C)n1cnnc1-c1nc(N2Cc3ncc(-n4cnc(C5CC5)c4)cc3C2=O)cs1. The average molecular weight is 433 g/mol. The first-order chi connectivity index (χ1) is 15.1. The van der Waals surface area contributed by atoms with Crippen LogP contribution in [0.1, 0.15) is 60.4 Å². The van der Waals surface area contributed by atoms with Gasteiger partial charge in [-0.2, -0.15) is 0 Å². The summed E-state index contributed by atoms with van der Waals surface area (Å²) >= 11 is 1.46. The number of aromatic nitrogens is 7. The largest absolute Gasteiger partial charge is 0.309 e. The van der Waals surface area contributed by atoms with Crippen molar-refractivity contribution in [2.24, 2.45) is 0 Å². The van der Waals surface area contributed by atoms with E-state index in [0.29, 0.717) is 29.7 Å². The lowest BCUT2D eigenvalue weighted by Gasteiger charge is -2.11. The topological polar surface area (TPSA) is 94.6 Å². The van der Waals surface area contributed by atoms with Crippen molar-refractivity contribution < 1.29 is 4.79 Å². The van der Waals surface area contributed by atoms with Crippen LogP contribution in [-0.4, -0.2) is 40.2 Å². The monoisotopic (exact) mass is 432 g/mol. The molecule has 156 valence electrons. The smallest absolute Gasteiger partial charge is 0.261 e. The summed E-state index contributed by atoms with van der Waals surface area (Å²) in [5.74, 6) is 1.82. The number of carbonyl (C=O) groups is 1. The van der Waals surface area contributed by atoms with Crippen LogP contribution in [0.15, 0.2) is 36.5 Å². The molecule has 1 fully saturated rings. The zero-order valence-corrected chi connectivity index (χ0v) is 18.0. The van der Waals surface area contributed by atoms with Crippen molar-refractivity contribution in [3.63, 3.8) is 0 Å². The normalized spacial score (nSPS) is 15.8. The number of nitrogens with zero attached hydrogens (tertiary/aromatic N) is 8. The number of hydrogen-bond acceptors (Lipinski definition) is 7. The van der Waals surface area contributed by atoms with Crippen LogP contribution in [0.2, 0.25) is 0 Å². The predicted molar refractivity (Wildman–Crippen MR) is 115 cm³/mol. The molecular weight excluding hydrogens is 412 g/mol. The number of imidazole rings is 1. The van der Waals surface area contributed by atoms with Crippen molar-refractivity contribution in [1.82, 2.24) is 34.3 Å². The van der Waals surface area contributed by atoms with E-state index in [2.05, 4.69) is 39.0 Å². The van der Waals surface area contributed by atoms with Gasteiger partial charge in [0.1, 0.15) is 12.1 Å². The first-order valence-electron chi connectivity index (χ1n) is 10.3. The van der Waals surface area contributed by atoms with Gasteiger partial charge in [0.05, 0.1) is 41.7 Å². The van der Waals surface area contributed by atoms with Gasteiger partial charge in [-0.1, -0.05) is 0 Å². The molecule has 2 aliphatic rings. The molecule has 5 heterocycles. The van der Waals surface area contributed by atoms with E-state index < -0.39 is 0 Å². The van der Waals surface area contributed by atoms with Crippen LogP contribution in [0.4, 0.5) is 5.82 Å². The van der Waals surface area contributed by atoms with Crippen molar-refractivity contribution in [3.05, 3.63) is 53.4 Å². The first kappa shape index (κ1) is 18.4. The second kappa shape index (κ2) is 6.81. The van der Waals surface area contributed by atoms with E-state index in [4.69, 9.17) is 0 Å². The molecule has 4 aromatic rings. The van der Waals surface area contributed by atoms with Gasteiger partial charge in [0, 0.05) is 23.5 Å². The lowest BCUT2D eigenvalue weighted by atomic mass is 10.2. The second-order valence-electron chi connectivity index (χ2n) is 8.23. The maximum absolute atomic E-state index is 13.2. The van der Waals surface area contributed by atoms with E-state index >= 15 is 0 Å². The average Bonchev–Trinajstić information content (AvgIpc) is 3.19. The predicted octanol–water partition coefficient (Wildman–Crippen LogP) is 3.60. The third-order valence-electron chi connectivity index (χ3n) is 5.72. The highest BCUT2D eigenvalue weighted by Gasteiger charge is 2.32. The number of amides is 1. The highest BCUT2D eigenvalue weighted by molar-refractivity contribution is 7.13. The van der Waals surface area contributed by atoms with Crippen molar-refractivity contribution in [2.75, 3.05) is 4.90 Å². The van der Waals surface area contributed by atoms with E-state index in [1.54, 1.807) is 23.8 Å². The van der Waals surface area contributed by atoms with Gasteiger partial charge in [0.2, 0.25) is 0 Å². The maximum atomic E-state index is 13.2. The minimum Gasteiger partial charge on any atom is -0.309 e. The molecule has 0 radical (unpaired) electrons. The standard InChI is InChI=1S/C21H20N8OS/c1-12(2)29-11-24-26-19(29)20-25-18(9-31-20)28-8-17-15(21(28)30)5-14(6-22-17)27-7-16(23-10-27)13-3-4-13/h5-7,9-13H,3-4,8H2,1-2H3. The first-order valence-corrected chi connectivity index (χ1v) is 11.2. The molecular formula is C21H20N8OS. The Hall–Kier alpha value is -3.40. The molecule has 1 aliphatic carbocycles. The number of fused-ring (bicyclic) bond motifs is 1. The third kappa shape index (κ3) is 3.05. The Balaban J connectivity index is 1.28. The van der Waals surface area contributed by atoms with Gasteiger partial charge in [-0.15, -0.1) is 21.5 Å². The highest BCUT2D eigenvalue weighted by atomic mass is 32.1. The Bertz CT molecular complexity index is 1300. The van der Waals surface area contributed by atoms with Crippen LogP contribution in [0.3, 0.4) is 0 Å². The van der Waals surface area contributed by atoms with E-state index in [-0.39, 0.29) is 11.9 Å². The van der Waals surface area contributed by atoms with Crippen molar-refractivity contribution in [2.45, 2.75) is 45.2 Å². The molecule has 0 atom stereocenters. The molecule has 9 nitrogen and oxygen atoms in total. The molecule has 0 saturated heterocycles.